The van der Waals surface area contributed by atoms with Crippen LogP contribution in [0.2, 0.25) is 0 Å². The minimum atomic E-state index is -0.672. The molecule has 0 fully saturated rings. The van der Waals surface area contributed by atoms with Crippen LogP contribution in [0.5, 0.6) is 0 Å². The molecule has 0 spiro atoms. The van der Waals surface area contributed by atoms with Gasteiger partial charge in [-0.15, -0.1) is 0 Å². The number of benzene rings is 2. The summed E-state index contributed by atoms with van der Waals surface area (Å²) in [6.07, 6.45) is 0. The van der Waals surface area contributed by atoms with Gasteiger partial charge in [-0.3, -0.25) is 29.1 Å². The lowest BCUT2D eigenvalue weighted by molar-refractivity contribution is 0.0879. The van der Waals surface area contributed by atoms with E-state index in [4.69, 9.17) is 5.73 Å². The Morgan fingerprint density at radius 2 is 1.59 bits per heavy atom. The number of aryl methyl sites for hydroxylation is 2. The molecule has 1 aliphatic heterocycles. The number of hydrogen-bond acceptors (Lipinski definition) is 5. The first-order chi connectivity index (χ1) is 13.8. The van der Waals surface area contributed by atoms with E-state index in [1.54, 1.807) is 36.4 Å². The topological polar surface area (TPSA) is 111 Å². The van der Waals surface area contributed by atoms with E-state index < -0.39 is 17.4 Å². The molecule has 1 aliphatic rings. The molecule has 7 nitrogen and oxygen atoms in total. The number of hydrogen-bond donors (Lipinski definition) is 2. The molecule has 0 aliphatic carbocycles. The first kappa shape index (κ1) is 18.4. The summed E-state index contributed by atoms with van der Waals surface area (Å²) in [6, 6.07) is 13.1. The van der Waals surface area contributed by atoms with Crippen LogP contribution in [0.3, 0.4) is 0 Å². The van der Waals surface area contributed by atoms with Crippen LogP contribution in [0.25, 0.3) is 5.69 Å². The number of pyridine rings is 1. The Labute approximate surface area is 165 Å². The van der Waals surface area contributed by atoms with E-state index in [1.165, 1.54) is 0 Å². The van der Waals surface area contributed by atoms with Gasteiger partial charge in [-0.1, -0.05) is 29.3 Å². The van der Waals surface area contributed by atoms with Crippen molar-refractivity contribution in [1.29, 1.82) is 0 Å². The highest BCUT2D eigenvalue weighted by atomic mass is 16.2. The van der Waals surface area contributed by atoms with Gasteiger partial charge in [0.1, 0.15) is 5.82 Å². The van der Waals surface area contributed by atoms with Gasteiger partial charge in [-0.05, 0) is 38.1 Å². The van der Waals surface area contributed by atoms with Crippen LogP contribution >= 0.6 is 0 Å². The summed E-state index contributed by atoms with van der Waals surface area (Å²) in [7, 11) is 0. The highest BCUT2D eigenvalue weighted by molar-refractivity contribution is 6.23. The molecule has 7 heteroatoms. The highest BCUT2D eigenvalue weighted by Crippen LogP contribution is 2.26. The van der Waals surface area contributed by atoms with Crippen LogP contribution in [0.15, 0.2) is 53.3 Å². The molecule has 29 heavy (non-hydrogen) atoms. The Kier molecular flexibility index (Phi) is 4.15. The third-order valence-electron chi connectivity index (χ3n) is 4.83. The van der Waals surface area contributed by atoms with E-state index in [2.05, 4.69) is 5.32 Å². The molecule has 2 aromatic carbocycles. The third kappa shape index (κ3) is 2.93. The van der Waals surface area contributed by atoms with Crippen molar-refractivity contribution < 1.29 is 14.4 Å². The lowest BCUT2D eigenvalue weighted by atomic mass is 9.98. The minimum Gasteiger partial charge on any atom is -0.384 e. The smallest absolute Gasteiger partial charge is 0.262 e. The Bertz CT molecular complexity index is 1270. The Morgan fingerprint density at radius 1 is 0.931 bits per heavy atom. The second-order valence-corrected chi connectivity index (χ2v) is 7.00. The maximum Gasteiger partial charge on any atom is 0.262 e. The first-order valence-electron chi connectivity index (χ1n) is 8.91. The maximum atomic E-state index is 13.2. The zero-order valence-electron chi connectivity index (χ0n) is 15.8. The number of carbonyl (C=O) groups is 3. The molecule has 4 rings (SSSR count). The van der Waals surface area contributed by atoms with Crippen LogP contribution in [-0.2, 0) is 0 Å². The molecule has 0 saturated heterocycles. The van der Waals surface area contributed by atoms with Crippen LogP contribution < -0.4 is 16.6 Å². The number of nitrogens with one attached hydrogen (secondary N) is 1. The SMILES string of the molecule is Cc1cc(C)cc(C(=O)c2ccccc2-n2c(N)c3c(cc2=O)C(=O)NC3=O)c1. The predicted molar refractivity (Wildman–Crippen MR) is 108 cm³/mol. The lowest BCUT2D eigenvalue weighted by Gasteiger charge is -2.15. The van der Waals surface area contributed by atoms with E-state index in [-0.39, 0.29) is 34.0 Å². The quantitative estimate of drug-likeness (QED) is 0.528. The van der Waals surface area contributed by atoms with Gasteiger partial charge >= 0.3 is 0 Å². The zero-order chi connectivity index (χ0) is 20.9. The van der Waals surface area contributed by atoms with Crippen molar-refractivity contribution in [3.05, 3.63) is 92.3 Å². The molecule has 2 amide bonds. The second-order valence-electron chi connectivity index (χ2n) is 7.00. The van der Waals surface area contributed by atoms with Gasteiger partial charge in [0.25, 0.3) is 17.4 Å². The number of rotatable bonds is 3. The molecule has 1 aromatic heterocycles. The van der Waals surface area contributed by atoms with Crippen molar-refractivity contribution >= 4 is 23.4 Å². The van der Waals surface area contributed by atoms with Crippen molar-refractivity contribution in [3.8, 4) is 5.69 Å². The van der Waals surface area contributed by atoms with E-state index >= 15 is 0 Å². The van der Waals surface area contributed by atoms with Crippen molar-refractivity contribution in [3.63, 3.8) is 0 Å². The molecule has 3 N–H and O–H groups in total. The average molecular weight is 387 g/mol. The maximum absolute atomic E-state index is 13.2. The third-order valence-corrected chi connectivity index (χ3v) is 4.83. The second kappa shape index (κ2) is 6.56. The van der Waals surface area contributed by atoms with Crippen LogP contribution in [0.1, 0.15) is 47.8 Å². The van der Waals surface area contributed by atoms with Gasteiger partial charge in [0.2, 0.25) is 0 Å². The summed E-state index contributed by atoms with van der Waals surface area (Å²) in [6.45, 7) is 3.79. The standard InChI is InChI=1S/C22H17N3O4/c1-11-7-12(2)9-13(8-11)19(27)14-5-3-4-6-16(14)25-17(26)10-15-18(20(25)23)22(29)24-21(15)28/h3-10H,23H2,1-2H3,(H,24,28,29). The normalized spacial score (nSPS) is 12.6. The number of anilines is 1. The van der Waals surface area contributed by atoms with Gasteiger partial charge in [0, 0.05) is 17.2 Å². The van der Waals surface area contributed by atoms with Gasteiger partial charge in [-0.2, -0.15) is 0 Å². The van der Waals surface area contributed by atoms with Crippen LogP contribution in [-0.4, -0.2) is 22.2 Å². The average Bonchev–Trinajstić information content (AvgIpc) is 2.94. The summed E-state index contributed by atoms with van der Waals surface area (Å²) < 4.78 is 1.09. The van der Waals surface area contributed by atoms with E-state index in [9.17, 15) is 19.2 Å². The fraction of sp³-hybridized carbons (Fsp3) is 0.0909. The number of ketones is 1. The number of nitrogens with two attached hydrogens (primary N) is 1. The first-order valence-corrected chi connectivity index (χ1v) is 8.91. The van der Waals surface area contributed by atoms with Gasteiger partial charge in [-0.25, -0.2) is 0 Å². The summed E-state index contributed by atoms with van der Waals surface area (Å²) in [4.78, 5) is 50.0. The number of para-hydroxylation sites is 1. The van der Waals surface area contributed by atoms with Crippen LogP contribution in [0, 0.1) is 13.8 Å². The molecule has 0 unspecified atom stereocenters. The monoisotopic (exact) mass is 387 g/mol. The summed E-state index contributed by atoms with van der Waals surface area (Å²) in [5.74, 6) is -1.80. The van der Waals surface area contributed by atoms with E-state index in [0.717, 1.165) is 21.8 Å². The van der Waals surface area contributed by atoms with E-state index in [0.29, 0.717) is 5.56 Å². The minimum absolute atomic E-state index is 0.0631. The van der Waals surface area contributed by atoms with Gasteiger partial charge in [0.15, 0.2) is 5.78 Å². The molecular weight excluding hydrogens is 370 g/mol. The number of amides is 2. The number of fused-ring (bicyclic) bond motifs is 1. The predicted octanol–water partition coefficient (Wildman–Crippen LogP) is 2.15. The van der Waals surface area contributed by atoms with E-state index in [1.807, 2.05) is 19.9 Å². The molecule has 3 aromatic rings. The summed E-state index contributed by atoms with van der Waals surface area (Å²) >= 11 is 0. The molecular formula is C22H17N3O4. The molecule has 0 bridgehead atoms. The number of nitrogens with zero attached hydrogens (tertiary/aromatic N) is 1. The lowest BCUT2D eigenvalue weighted by Crippen LogP contribution is -2.25. The number of imide groups is 1. The van der Waals surface area contributed by atoms with Crippen molar-refractivity contribution in [2.24, 2.45) is 0 Å². The van der Waals surface area contributed by atoms with Gasteiger partial charge < -0.3 is 5.73 Å². The van der Waals surface area contributed by atoms with Gasteiger partial charge in [0.05, 0.1) is 16.8 Å². The summed E-state index contributed by atoms with van der Waals surface area (Å²) in [5.41, 5.74) is 8.25. The highest BCUT2D eigenvalue weighted by Gasteiger charge is 2.32. The number of aromatic nitrogens is 1. The fourth-order valence-electron chi connectivity index (χ4n) is 3.65. The molecule has 0 atom stereocenters. The zero-order valence-corrected chi connectivity index (χ0v) is 15.8. The Hall–Kier alpha value is -4.00. The molecule has 0 saturated carbocycles. The fourth-order valence-corrected chi connectivity index (χ4v) is 3.65. The van der Waals surface area contributed by atoms with Crippen molar-refractivity contribution in [1.82, 2.24) is 9.88 Å². The van der Waals surface area contributed by atoms with Crippen LogP contribution in [0.4, 0.5) is 5.82 Å². The molecule has 2 heterocycles. The number of nitrogen functional groups attached to an aromatic ring is 1. The van der Waals surface area contributed by atoms with Crippen molar-refractivity contribution in [2.75, 3.05) is 5.73 Å². The van der Waals surface area contributed by atoms with Crippen molar-refractivity contribution in [2.45, 2.75) is 13.8 Å². The molecule has 0 radical (unpaired) electrons. The summed E-state index contributed by atoms with van der Waals surface area (Å²) in [5, 5.41) is 2.13. The molecule has 144 valence electrons. The Balaban J connectivity index is 1.95. The number of carbonyl (C=O) groups excluding carboxylic acids is 3. The Morgan fingerprint density at radius 3 is 2.28 bits per heavy atom. The largest absolute Gasteiger partial charge is 0.384 e.